The summed E-state index contributed by atoms with van der Waals surface area (Å²) in [7, 11) is 0. The fourth-order valence-corrected chi connectivity index (χ4v) is 2.96. The van der Waals surface area contributed by atoms with Crippen LogP contribution in [0.5, 0.6) is 0 Å². The first-order chi connectivity index (χ1) is 10.0. The molecule has 1 unspecified atom stereocenters. The summed E-state index contributed by atoms with van der Waals surface area (Å²) in [4.78, 5) is 0. The number of rotatable bonds is 5. The predicted octanol–water partition coefficient (Wildman–Crippen LogP) is 5.27. The molecule has 2 aromatic rings. The van der Waals surface area contributed by atoms with Crippen molar-refractivity contribution < 1.29 is 8.78 Å². The van der Waals surface area contributed by atoms with Gasteiger partial charge in [-0.2, -0.15) is 0 Å². The third-order valence-electron chi connectivity index (χ3n) is 3.24. The third kappa shape index (κ3) is 4.02. The summed E-state index contributed by atoms with van der Waals surface area (Å²) in [6.45, 7) is 2.64. The topological polar surface area (TPSA) is 12.0 Å². The molecule has 0 aliphatic heterocycles. The molecule has 1 atom stereocenters. The quantitative estimate of drug-likeness (QED) is 0.751. The van der Waals surface area contributed by atoms with Gasteiger partial charge in [0.25, 0.3) is 0 Å². The maximum absolute atomic E-state index is 14.1. The van der Waals surface area contributed by atoms with Crippen molar-refractivity contribution in [3.8, 4) is 0 Å². The van der Waals surface area contributed by atoms with Gasteiger partial charge >= 0.3 is 0 Å². The summed E-state index contributed by atoms with van der Waals surface area (Å²) < 4.78 is 28.3. The lowest BCUT2D eigenvalue weighted by Crippen LogP contribution is -2.24. The molecule has 112 valence electrons. The highest BCUT2D eigenvalue weighted by Crippen LogP contribution is 2.29. The van der Waals surface area contributed by atoms with E-state index < -0.39 is 5.82 Å². The predicted molar refractivity (Wildman–Crippen MR) is 85.6 cm³/mol. The Morgan fingerprint density at radius 1 is 1.24 bits per heavy atom. The van der Waals surface area contributed by atoms with Gasteiger partial charge in [-0.25, -0.2) is 8.78 Å². The van der Waals surface area contributed by atoms with E-state index in [1.807, 2.05) is 6.92 Å². The highest BCUT2D eigenvalue weighted by molar-refractivity contribution is 9.10. The second-order valence-electron chi connectivity index (χ2n) is 4.69. The van der Waals surface area contributed by atoms with Crippen molar-refractivity contribution in [1.29, 1.82) is 0 Å². The van der Waals surface area contributed by atoms with E-state index in [1.165, 1.54) is 18.2 Å². The van der Waals surface area contributed by atoms with E-state index in [-0.39, 0.29) is 16.9 Å². The summed E-state index contributed by atoms with van der Waals surface area (Å²) >= 11 is 9.23. The summed E-state index contributed by atoms with van der Waals surface area (Å²) in [6, 6.07) is 9.22. The van der Waals surface area contributed by atoms with Crippen molar-refractivity contribution in [2.45, 2.75) is 19.4 Å². The monoisotopic (exact) mass is 373 g/mol. The first kappa shape index (κ1) is 16.4. The van der Waals surface area contributed by atoms with E-state index in [0.717, 1.165) is 10.0 Å². The van der Waals surface area contributed by atoms with Gasteiger partial charge in [0.1, 0.15) is 11.6 Å². The third-order valence-corrected chi connectivity index (χ3v) is 4.25. The summed E-state index contributed by atoms with van der Waals surface area (Å²) in [5.41, 5.74) is 1.26. The molecule has 1 N–H and O–H groups in total. The normalized spacial score (nSPS) is 12.4. The summed E-state index contributed by atoms with van der Waals surface area (Å²) in [5, 5.41) is 3.35. The summed E-state index contributed by atoms with van der Waals surface area (Å²) in [6.07, 6.45) is 0.391. The zero-order valence-corrected chi connectivity index (χ0v) is 13.8. The molecule has 0 amide bonds. The van der Waals surface area contributed by atoms with Crippen LogP contribution in [-0.4, -0.2) is 6.54 Å². The Balaban J connectivity index is 2.35. The van der Waals surface area contributed by atoms with Gasteiger partial charge in [0.15, 0.2) is 0 Å². The van der Waals surface area contributed by atoms with E-state index in [0.29, 0.717) is 18.5 Å². The number of hydrogen-bond donors (Lipinski definition) is 1. The Morgan fingerprint density at radius 3 is 2.71 bits per heavy atom. The fraction of sp³-hybridized carbons (Fsp3) is 0.250. The lowest BCUT2D eigenvalue weighted by Gasteiger charge is -2.20. The fourth-order valence-electron chi connectivity index (χ4n) is 2.25. The molecule has 0 saturated carbocycles. The van der Waals surface area contributed by atoms with Crippen LogP contribution in [0.4, 0.5) is 8.78 Å². The molecule has 1 nitrogen and oxygen atoms in total. The molecular formula is C16H15BrClF2N. The first-order valence-corrected chi connectivity index (χ1v) is 7.81. The zero-order chi connectivity index (χ0) is 15.4. The Kier molecular flexibility index (Phi) is 5.73. The van der Waals surface area contributed by atoms with E-state index in [9.17, 15) is 8.78 Å². The van der Waals surface area contributed by atoms with Crippen LogP contribution in [0.15, 0.2) is 40.9 Å². The molecule has 0 heterocycles. The van der Waals surface area contributed by atoms with E-state index >= 15 is 0 Å². The van der Waals surface area contributed by atoms with Crippen LogP contribution in [-0.2, 0) is 6.42 Å². The van der Waals surface area contributed by atoms with E-state index in [2.05, 4.69) is 21.2 Å². The van der Waals surface area contributed by atoms with Crippen LogP contribution in [0.2, 0.25) is 5.02 Å². The Morgan fingerprint density at radius 2 is 2.00 bits per heavy atom. The minimum Gasteiger partial charge on any atom is -0.310 e. The van der Waals surface area contributed by atoms with Crippen LogP contribution in [0.3, 0.4) is 0 Å². The number of halogens is 4. The van der Waals surface area contributed by atoms with E-state index in [1.54, 1.807) is 18.2 Å². The molecule has 0 aliphatic carbocycles. The van der Waals surface area contributed by atoms with Crippen molar-refractivity contribution in [3.05, 3.63) is 68.7 Å². The first-order valence-electron chi connectivity index (χ1n) is 6.64. The molecule has 2 rings (SSSR count). The Hall–Kier alpha value is -0.970. The molecule has 0 radical (unpaired) electrons. The number of likely N-dealkylation sites (N-methyl/N-ethyl adjacent to an activating group) is 1. The van der Waals surface area contributed by atoms with Gasteiger partial charge in [0.05, 0.1) is 5.02 Å². The Bertz CT molecular complexity index is 634. The average molecular weight is 375 g/mol. The lowest BCUT2D eigenvalue weighted by molar-refractivity contribution is 0.522. The van der Waals surface area contributed by atoms with Gasteiger partial charge in [0, 0.05) is 10.5 Å². The Labute approximate surface area is 136 Å². The van der Waals surface area contributed by atoms with Crippen LogP contribution in [0, 0.1) is 11.6 Å². The second kappa shape index (κ2) is 7.34. The lowest BCUT2D eigenvalue weighted by atomic mass is 9.98. The van der Waals surface area contributed by atoms with Crippen molar-refractivity contribution in [1.82, 2.24) is 5.32 Å². The van der Waals surface area contributed by atoms with Crippen molar-refractivity contribution >= 4 is 27.5 Å². The number of hydrogen-bond acceptors (Lipinski definition) is 1. The van der Waals surface area contributed by atoms with Crippen LogP contribution in [0.1, 0.15) is 24.1 Å². The van der Waals surface area contributed by atoms with Crippen LogP contribution in [0.25, 0.3) is 0 Å². The zero-order valence-electron chi connectivity index (χ0n) is 11.5. The average Bonchev–Trinajstić information content (AvgIpc) is 2.46. The SMILES string of the molecule is CCNC(Cc1cccc(Cl)c1F)c1cc(F)ccc1Br. The van der Waals surface area contributed by atoms with Gasteiger partial charge < -0.3 is 5.32 Å². The molecule has 0 saturated heterocycles. The molecule has 0 aromatic heterocycles. The van der Waals surface area contributed by atoms with Crippen LogP contribution < -0.4 is 5.32 Å². The van der Waals surface area contributed by atoms with Crippen molar-refractivity contribution in [3.63, 3.8) is 0 Å². The standard InChI is InChI=1S/C16H15BrClF2N/c1-2-21-15(12-9-11(19)6-7-13(12)17)8-10-4-3-5-14(18)16(10)20/h3-7,9,15,21H,2,8H2,1H3. The smallest absolute Gasteiger partial charge is 0.145 e. The molecule has 0 spiro atoms. The highest BCUT2D eigenvalue weighted by atomic mass is 79.9. The van der Waals surface area contributed by atoms with Gasteiger partial charge in [-0.3, -0.25) is 0 Å². The van der Waals surface area contributed by atoms with Gasteiger partial charge in [0.2, 0.25) is 0 Å². The molecule has 2 aromatic carbocycles. The summed E-state index contributed by atoms with van der Waals surface area (Å²) in [5.74, 6) is -0.739. The molecule has 0 aliphatic rings. The second-order valence-corrected chi connectivity index (χ2v) is 5.95. The van der Waals surface area contributed by atoms with Crippen molar-refractivity contribution in [2.75, 3.05) is 6.54 Å². The number of benzene rings is 2. The molecule has 0 bridgehead atoms. The van der Waals surface area contributed by atoms with Gasteiger partial charge in [-0.15, -0.1) is 0 Å². The number of nitrogens with one attached hydrogen (secondary N) is 1. The molecule has 21 heavy (non-hydrogen) atoms. The maximum atomic E-state index is 14.1. The minimum absolute atomic E-state index is 0.0982. The van der Waals surface area contributed by atoms with Crippen LogP contribution >= 0.6 is 27.5 Å². The molecular weight excluding hydrogens is 360 g/mol. The molecule has 0 fully saturated rings. The van der Waals surface area contributed by atoms with Gasteiger partial charge in [-0.05, 0) is 48.4 Å². The molecule has 5 heteroatoms. The minimum atomic E-state index is -0.422. The largest absolute Gasteiger partial charge is 0.310 e. The maximum Gasteiger partial charge on any atom is 0.145 e. The van der Waals surface area contributed by atoms with Crippen molar-refractivity contribution in [2.24, 2.45) is 0 Å². The van der Waals surface area contributed by atoms with E-state index in [4.69, 9.17) is 11.6 Å². The van der Waals surface area contributed by atoms with Gasteiger partial charge in [-0.1, -0.05) is 46.6 Å². The highest BCUT2D eigenvalue weighted by Gasteiger charge is 2.18.